The zero-order valence-electron chi connectivity index (χ0n) is 12.3. The van der Waals surface area contributed by atoms with Gasteiger partial charge in [0.1, 0.15) is 0 Å². The molecule has 1 heterocycles. The summed E-state index contributed by atoms with van der Waals surface area (Å²) in [5.74, 6) is 0. The van der Waals surface area contributed by atoms with E-state index in [2.05, 4.69) is 38.1 Å². The first-order valence-electron chi connectivity index (χ1n) is 6.83. The summed E-state index contributed by atoms with van der Waals surface area (Å²) >= 11 is 6.36. The summed E-state index contributed by atoms with van der Waals surface area (Å²) in [4.78, 5) is 0. The lowest BCUT2D eigenvalue weighted by Gasteiger charge is -2.25. The van der Waals surface area contributed by atoms with Gasteiger partial charge in [-0.3, -0.25) is 4.68 Å². The number of rotatable bonds is 7. The van der Waals surface area contributed by atoms with Crippen molar-refractivity contribution in [1.29, 1.82) is 0 Å². The summed E-state index contributed by atoms with van der Waals surface area (Å²) in [5.41, 5.74) is 2.30. The molecule has 0 aliphatic heterocycles. The van der Waals surface area contributed by atoms with Gasteiger partial charge in [0.25, 0.3) is 0 Å². The van der Waals surface area contributed by atoms with Crippen LogP contribution in [0.3, 0.4) is 0 Å². The van der Waals surface area contributed by atoms with Crippen molar-refractivity contribution in [3.8, 4) is 0 Å². The minimum absolute atomic E-state index is 0.193. The average molecular weight is 272 g/mol. The average Bonchev–Trinajstić information content (AvgIpc) is 2.56. The number of aromatic nitrogens is 2. The van der Waals surface area contributed by atoms with Gasteiger partial charge in [0, 0.05) is 13.1 Å². The van der Waals surface area contributed by atoms with Gasteiger partial charge in [-0.25, -0.2) is 0 Å². The normalized spacial score (nSPS) is 12.1. The van der Waals surface area contributed by atoms with Crippen LogP contribution in [0.4, 0.5) is 0 Å². The maximum atomic E-state index is 6.36. The van der Waals surface area contributed by atoms with Gasteiger partial charge in [0.2, 0.25) is 0 Å². The van der Waals surface area contributed by atoms with Gasteiger partial charge in [0.05, 0.1) is 16.4 Å². The molecule has 0 unspecified atom stereocenters. The number of hydrogen-bond acceptors (Lipinski definition) is 2. The van der Waals surface area contributed by atoms with E-state index in [-0.39, 0.29) is 5.41 Å². The van der Waals surface area contributed by atoms with Gasteiger partial charge in [-0.1, -0.05) is 32.4 Å². The van der Waals surface area contributed by atoms with E-state index in [9.17, 15) is 0 Å². The van der Waals surface area contributed by atoms with Crippen LogP contribution in [0.25, 0.3) is 0 Å². The largest absolute Gasteiger partial charge is 0.316 e. The van der Waals surface area contributed by atoms with Crippen LogP contribution in [0.15, 0.2) is 0 Å². The first-order chi connectivity index (χ1) is 8.41. The molecule has 1 rings (SSSR count). The topological polar surface area (TPSA) is 29.9 Å². The van der Waals surface area contributed by atoms with Crippen LogP contribution in [0.2, 0.25) is 5.02 Å². The molecular weight excluding hydrogens is 246 g/mol. The van der Waals surface area contributed by atoms with Crippen LogP contribution in [-0.4, -0.2) is 22.9 Å². The molecule has 0 bridgehead atoms. The van der Waals surface area contributed by atoms with Crippen molar-refractivity contribution in [1.82, 2.24) is 15.1 Å². The number of halogens is 1. The SMILES string of the molecule is CCCNCC(C)(C)Cc1c(Cl)c(C)nn1CC. The Balaban J connectivity index is 2.76. The molecule has 0 aliphatic rings. The second kappa shape index (κ2) is 6.58. The van der Waals surface area contributed by atoms with E-state index in [0.717, 1.165) is 36.8 Å². The minimum Gasteiger partial charge on any atom is -0.316 e. The van der Waals surface area contributed by atoms with Gasteiger partial charge in [0.15, 0.2) is 0 Å². The Kier molecular flexibility index (Phi) is 5.67. The Morgan fingerprint density at radius 2 is 2.00 bits per heavy atom. The van der Waals surface area contributed by atoms with Gasteiger partial charge >= 0.3 is 0 Å². The second-order valence-corrected chi connectivity index (χ2v) is 6.06. The monoisotopic (exact) mass is 271 g/mol. The van der Waals surface area contributed by atoms with Gasteiger partial charge < -0.3 is 5.32 Å². The highest BCUT2D eigenvalue weighted by Crippen LogP contribution is 2.28. The summed E-state index contributed by atoms with van der Waals surface area (Å²) in [7, 11) is 0. The molecule has 104 valence electrons. The molecule has 1 aromatic heterocycles. The fraction of sp³-hybridized carbons (Fsp3) is 0.786. The third kappa shape index (κ3) is 3.99. The fourth-order valence-electron chi connectivity index (χ4n) is 2.16. The van der Waals surface area contributed by atoms with Gasteiger partial charge in [-0.15, -0.1) is 0 Å². The lowest BCUT2D eigenvalue weighted by molar-refractivity contribution is 0.329. The van der Waals surface area contributed by atoms with Crippen LogP contribution < -0.4 is 5.32 Å². The van der Waals surface area contributed by atoms with Crippen molar-refractivity contribution in [3.05, 3.63) is 16.4 Å². The van der Waals surface area contributed by atoms with E-state index >= 15 is 0 Å². The molecule has 4 heteroatoms. The number of nitrogens with one attached hydrogen (secondary N) is 1. The molecule has 1 aromatic rings. The molecule has 3 nitrogen and oxygen atoms in total. The maximum Gasteiger partial charge on any atom is 0.0847 e. The quantitative estimate of drug-likeness (QED) is 0.770. The van der Waals surface area contributed by atoms with Gasteiger partial charge in [-0.05, 0) is 38.6 Å². The van der Waals surface area contributed by atoms with E-state index in [1.165, 1.54) is 12.1 Å². The highest BCUT2D eigenvalue weighted by atomic mass is 35.5. The molecule has 0 radical (unpaired) electrons. The Morgan fingerprint density at radius 1 is 1.33 bits per heavy atom. The molecule has 0 aromatic carbocycles. The molecule has 0 amide bonds. The molecule has 1 N–H and O–H groups in total. The molecule has 0 atom stereocenters. The molecular formula is C14H26ClN3. The summed E-state index contributed by atoms with van der Waals surface area (Å²) in [6.07, 6.45) is 2.13. The highest BCUT2D eigenvalue weighted by molar-refractivity contribution is 6.31. The maximum absolute atomic E-state index is 6.36. The number of nitrogens with zero attached hydrogens (tertiary/aromatic N) is 2. The van der Waals surface area contributed by atoms with Crippen LogP contribution in [-0.2, 0) is 13.0 Å². The third-order valence-corrected chi connectivity index (χ3v) is 3.62. The van der Waals surface area contributed by atoms with Crippen LogP contribution in [0, 0.1) is 12.3 Å². The predicted molar refractivity (Wildman–Crippen MR) is 78.3 cm³/mol. The lowest BCUT2D eigenvalue weighted by Crippen LogP contribution is -2.32. The zero-order valence-corrected chi connectivity index (χ0v) is 13.1. The first-order valence-corrected chi connectivity index (χ1v) is 7.21. The molecule has 0 spiro atoms. The highest BCUT2D eigenvalue weighted by Gasteiger charge is 2.23. The van der Waals surface area contributed by atoms with E-state index in [0.29, 0.717) is 0 Å². The van der Waals surface area contributed by atoms with Crippen molar-refractivity contribution in [3.63, 3.8) is 0 Å². The standard InChI is InChI=1S/C14H26ClN3/c1-6-8-16-10-14(4,5)9-12-13(15)11(3)17-18(12)7-2/h16H,6-10H2,1-5H3. The predicted octanol–water partition coefficient (Wildman–Crippen LogP) is 3.43. The first kappa shape index (κ1) is 15.5. The Labute approximate surface area is 116 Å². The summed E-state index contributed by atoms with van der Waals surface area (Å²) in [6.45, 7) is 13.8. The third-order valence-electron chi connectivity index (χ3n) is 3.13. The molecule has 0 saturated heterocycles. The van der Waals surface area contributed by atoms with Crippen LogP contribution in [0.1, 0.15) is 45.5 Å². The van der Waals surface area contributed by atoms with Gasteiger partial charge in [-0.2, -0.15) is 5.10 Å². The van der Waals surface area contributed by atoms with E-state index in [4.69, 9.17) is 11.6 Å². The van der Waals surface area contributed by atoms with E-state index < -0.39 is 0 Å². The molecule has 0 saturated carbocycles. The lowest BCUT2D eigenvalue weighted by atomic mass is 9.87. The van der Waals surface area contributed by atoms with Crippen molar-refractivity contribution >= 4 is 11.6 Å². The van der Waals surface area contributed by atoms with Crippen LogP contribution in [0.5, 0.6) is 0 Å². The minimum atomic E-state index is 0.193. The van der Waals surface area contributed by atoms with E-state index in [1.54, 1.807) is 0 Å². The zero-order chi connectivity index (χ0) is 13.8. The summed E-state index contributed by atoms with van der Waals surface area (Å²) in [6, 6.07) is 0. The Hall–Kier alpha value is -0.540. The number of hydrogen-bond donors (Lipinski definition) is 1. The summed E-state index contributed by atoms with van der Waals surface area (Å²) in [5, 5.41) is 8.79. The van der Waals surface area contributed by atoms with E-state index in [1.807, 2.05) is 11.6 Å². The van der Waals surface area contributed by atoms with Crippen molar-refractivity contribution in [2.75, 3.05) is 13.1 Å². The molecule has 0 fully saturated rings. The second-order valence-electron chi connectivity index (χ2n) is 5.68. The van der Waals surface area contributed by atoms with Crippen molar-refractivity contribution < 1.29 is 0 Å². The molecule has 0 aliphatic carbocycles. The Bertz CT molecular complexity index is 383. The summed E-state index contributed by atoms with van der Waals surface area (Å²) < 4.78 is 2.03. The van der Waals surface area contributed by atoms with Crippen molar-refractivity contribution in [2.45, 2.75) is 54.0 Å². The van der Waals surface area contributed by atoms with Crippen LogP contribution >= 0.6 is 11.6 Å². The Morgan fingerprint density at radius 3 is 2.56 bits per heavy atom. The smallest absolute Gasteiger partial charge is 0.0847 e. The number of aryl methyl sites for hydroxylation is 2. The van der Waals surface area contributed by atoms with Crippen molar-refractivity contribution in [2.24, 2.45) is 5.41 Å². The fourth-order valence-corrected chi connectivity index (χ4v) is 2.36. The molecule has 18 heavy (non-hydrogen) atoms.